The number of imidazole rings is 1. The lowest BCUT2D eigenvalue weighted by Gasteiger charge is -2.35. The second-order valence-electron chi connectivity index (χ2n) is 13.6. The van der Waals surface area contributed by atoms with Crippen molar-refractivity contribution in [3.05, 3.63) is 52.8 Å². The molecule has 2 fully saturated rings. The van der Waals surface area contributed by atoms with E-state index in [-0.39, 0.29) is 29.7 Å². The molecular weight excluding hydrogens is 630 g/mol. The molecule has 2 aliphatic carbocycles. The van der Waals surface area contributed by atoms with Crippen molar-refractivity contribution in [2.24, 2.45) is 0 Å². The first-order chi connectivity index (χ1) is 20.7. The Kier molecular flexibility index (Phi) is 9.36. The molecule has 238 valence electrons. The van der Waals surface area contributed by atoms with Gasteiger partial charge in [-0.05, 0) is 85.8 Å². The van der Waals surface area contributed by atoms with Crippen LogP contribution in [0.4, 0.5) is 21.2 Å². The Bertz CT molecular complexity index is 1450. The molecule has 2 saturated carbocycles. The SMILES string of the molecule is CC(C)(C)OC(=O)N[C@H]1C[C@H](OCc2cc(Br)cc(Nc3cc([C@H]4CC[C@@H](OC(=O)n5ccnc5)C4)nn3C(C)(C)C)n2)C1. The zero-order valence-corrected chi connectivity index (χ0v) is 27.8. The number of ether oxygens (including phenoxy) is 3. The number of alkyl carbamates (subject to hydrolysis) is 1. The highest BCUT2D eigenvalue weighted by molar-refractivity contribution is 9.10. The van der Waals surface area contributed by atoms with E-state index in [1.54, 1.807) is 12.4 Å². The zero-order chi connectivity index (χ0) is 31.6. The monoisotopic (exact) mass is 671 g/mol. The molecule has 0 radical (unpaired) electrons. The van der Waals surface area contributed by atoms with Crippen molar-refractivity contribution in [1.82, 2.24) is 29.6 Å². The van der Waals surface area contributed by atoms with Gasteiger partial charge in [0.25, 0.3) is 0 Å². The van der Waals surface area contributed by atoms with Crippen LogP contribution in [0.25, 0.3) is 0 Å². The topological polar surface area (TPSA) is 134 Å². The Balaban J connectivity index is 1.19. The summed E-state index contributed by atoms with van der Waals surface area (Å²) in [5.74, 6) is 1.68. The van der Waals surface area contributed by atoms with Crippen LogP contribution >= 0.6 is 15.9 Å². The van der Waals surface area contributed by atoms with Crippen molar-refractivity contribution < 1.29 is 23.8 Å². The lowest BCUT2D eigenvalue weighted by atomic mass is 9.89. The molecule has 12 nitrogen and oxygen atoms in total. The van der Waals surface area contributed by atoms with Gasteiger partial charge in [-0.25, -0.2) is 28.8 Å². The molecule has 13 heteroatoms. The molecule has 0 aliphatic heterocycles. The molecule has 2 N–H and O–H groups in total. The summed E-state index contributed by atoms with van der Waals surface area (Å²) in [7, 11) is 0. The zero-order valence-electron chi connectivity index (χ0n) is 26.2. The highest BCUT2D eigenvalue weighted by atomic mass is 79.9. The number of nitrogens with zero attached hydrogens (tertiary/aromatic N) is 5. The largest absolute Gasteiger partial charge is 0.446 e. The molecule has 3 aromatic heterocycles. The van der Waals surface area contributed by atoms with Gasteiger partial charge in [0.1, 0.15) is 29.7 Å². The summed E-state index contributed by atoms with van der Waals surface area (Å²) < 4.78 is 21.3. The number of amides is 1. The summed E-state index contributed by atoms with van der Waals surface area (Å²) in [6, 6.07) is 5.99. The number of nitrogens with one attached hydrogen (secondary N) is 2. The highest BCUT2D eigenvalue weighted by Gasteiger charge is 2.34. The van der Waals surface area contributed by atoms with Crippen molar-refractivity contribution in [1.29, 1.82) is 0 Å². The van der Waals surface area contributed by atoms with Crippen molar-refractivity contribution in [2.75, 3.05) is 5.32 Å². The van der Waals surface area contributed by atoms with Crippen molar-refractivity contribution in [2.45, 2.75) is 116 Å². The van der Waals surface area contributed by atoms with Crippen LogP contribution < -0.4 is 10.6 Å². The molecule has 0 unspecified atom stereocenters. The van der Waals surface area contributed by atoms with E-state index in [9.17, 15) is 9.59 Å². The van der Waals surface area contributed by atoms with Crippen LogP contribution in [0.15, 0.2) is 41.4 Å². The van der Waals surface area contributed by atoms with Gasteiger partial charge in [0.05, 0.1) is 29.6 Å². The Labute approximate surface area is 266 Å². The van der Waals surface area contributed by atoms with Crippen LogP contribution in [0, 0.1) is 0 Å². The molecular formula is C31H42BrN7O5. The number of carbonyl (C=O) groups is 2. The second kappa shape index (κ2) is 12.9. The van der Waals surface area contributed by atoms with Gasteiger partial charge >= 0.3 is 12.2 Å². The van der Waals surface area contributed by atoms with E-state index in [4.69, 9.17) is 24.3 Å². The first-order valence-electron chi connectivity index (χ1n) is 15.1. The highest BCUT2D eigenvalue weighted by Crippen LogP contribution is 2.38. The summed E-state index contributed by atoms with van der Waals surface area (Å²) in [5, 5.41) is 11.4. The standard InChI is InChI=1S/C31H42BrN7O5/c1-30(2,3)39-27(16-25(37-39)19-7-8-23(11-19)43-29(41)38-10-9-33-18-38)36-26-13-20(32)12-22(34-26)17-42-24-14-21(15-24)35-28(40)44-31(4,5)6/h9-10,12-13,16,18-19,21,23-24H,7-8,11,14-15,17H2,1-6H3,(H,34,36)(H,35,40)/t19-,21-,23+,24-/m0/s1. The minimum absolute atomic E-state index is 0.0477. The molecule has 1 amide bonds. The predicted molar refractivity (Wildman–Crippen MR) is 168 cm³/mol. The average Bonchev–Trinajstić information content (AvgIpc) is 3.64. The third kappa shape index (κ3) is 8.38. The van der Waals surface area contributed by atoms with Crippen molar-refractivity contribution in [3.8, 4) is 0 Å². The number of hydrogen-bond donors (Lipinski definition) is 2. The quantitative estimate of drug-likeness (QED) is 0.271. The molecule has 44 heavy (non-hydrogen) atoms. The van der Waals surface area contributed by atoms with Crippen LogP contribution in [0.1, 0.15) is 91.0 Å². The normalized spacial score (nSPS) is 21.9. The summed E-state index contributed by atoms with van der Waals surface area (Å²) in [6.45, 7) is 12.2. The third-order valence-corrected chi connectivity index (χ3v) is 7.99. The fraction of sp³-hybridized carbons (Fsp3) is 0.581. The first-order valence-corrected chi connectivity index (χ1v) is 15.8. The lowest BCUT2D eigenvalue weighted by Crippen LogP contribution is -2.49. The van der Waals surface area contributed by atoms with E-state index in [0.29, 0.717) is 18.8 Å². The molecule has 2 aliphatic rings. The maximum Gasteiger partial charge on any atom is 0.419 e. The van der Waals surface area contributed by atoms with E-state index in [1.165, 1.54) is 10.9 Å². The van der Waals surface area contributed by atoms with Crippen molar-refractivity contribution >= 4 is 39.8 Å². The Morgan fingerprint density at radius 2 is 1.82 bits per heavy atom. The van der Waals surface area contributed by atoms with E-state index < -0.39 is 17.8 Å². The van der Waals surface area contributed by atoms with Crippen LogP contribution in [-0.4, -0.2) is 60.4 Å². The molecule has 0 bridgehead atoms. The molecule has 0 aromatic carbocycles. The van der Waals surface area contributed by atoms with Crippen LogP contribution in [-0.2, 0) is 26.4 Å². The van der Waals surface area contributed by atoms with Gasteiger partial charge < -0.3 is 24.8 Å². The lowest BCUT2D eigenvalue weighted by molar-refractivity contribution is -0.0302. The van der Waals surface area contributed by atoms with Gasteiger partial charge in [-0.15, -0.1) is 0 Å². The van der Waals surface area contributed by atoms with Gasteiger partial charge in [-0.1, -0.05) is 15.9 Å². The minimum Gasteiger partial charge on any atom is -0.446 e. The first kappa shape index (κ1) is 32.0. The maximum atomic E-state index is 12.4. The second-order valence-corrected chi connectivity index (χ2v) is 14.5. The molecule has 3 aromatic rings. The number of pyridine rings is 1. The summed E-state index contributed by atoms with van der Waals surface area (Å²) in [5.41, 5.74) is 0.942. The average molecular weight is 673 g/mol. The number of halogens is 1. The molecule has 2 atom stereocenters. The minimum atomic E-state index is -0.522. The van der Waals surface area contributed by atoms with Crippen molar-refractivity contribution in [3.63, 3.8) is 0 Å². The molecule has 0 spiro atoms. The fourth-order valence-electron chi connectivity index (χ4n) is 5.40. The van der Waals surface area contributed by atoms with E-state index in [1.807, 2.05) is 37.6 Å². The van der Waals surface area contributed by atoms with Gasteiger partial charge in [-0.2, -0.15) is 5.10 Å². The number of anilines is 2. The summed E-state index contributed by atoms with van der Waals surface area (Å²) in [6.07, 6.45) is 7.50. The fourth-order valence-corrected chi connectivity index (χ4v) is 5.88. The Hall–Kier alpha value is -3.45. The number of hydrogen-bond acceptors (Lipinski definition) is 9. The Morgan fingerprint density at radius 1 is 1.05 bits per heavy atom. The van der Waals surface area contributed by atoms with E-state index in [0.717, 1.165) is 47.4 Å². The third-order valence-electron chi connectivity index (χ3n) is 7.53. The van der Waals surface area contributed by atoms with Gasteiger partial charge in [0.15, 0.2) is 0 Å². The molecule has 3 heterocycles. The van der Waals surface area contributed by atoms with Gasteiger partial charge in [0.2, 0.25) is 0 Å². The molecule has 5 rings (SSSR count). The van der Waals surface area contributed by atoms with Crippen LogP contribution in [0.3, 0.4) is 0 Å². The number of carbonyl (C=O) groups excluding carboxylic acids is 2. The van der Waals surface area contributed by atoms with Crippen LogP contribution in [0.2, 0.25) is 0 Å². The smallest absolute Gasteiger partial charge is 0.419 e. The Morgan fingerprint density at radius 3 is 2.50 bits per heavy atom. The predicted octanol–water partition coefficient (Wildman–Crippen LogP) is 6.63. The van der Waals surface area contributed by atoms with Crippen LogP contribution in [0.5, 0.6) is 0 Å². The molecule has 0 saturated heterocycles. The van der Waals surface area contributed by atoms with Gasteiger partial charge in [-0.3, -0.25) is 0 Å². The van der Waals surface area contributed by atoms with E-state index >= 15 is 0 Å². The number of rotatable bonds is 8. The number of aromatic nitrogens is 5. The maximum absolute atomic E-state index is 12.4. The van der Waals surface area contributed by atoms with E-state index in [2.05, 4.69) is 58.4 Å². The summed E-state index contributed by atoms with van der Waals surface area (Å²) >= 11 is 3.62. The van der Waals surface area contributed by atoms with Gasteiger partial charge in [0, 0.05) is 34.9 Å². The summed E-state index contributed by atoms with van der Waals surface area (Å²) in [4.78, 5) is 33.1.